The van der Waals surface area contributed by atoms with E-state index in [0.29, 0.717) is 11.6 Å². The molecule has 0 fully saturated rings. The fourth-order valence-corrected chi connectivity index (χ4v) is 3.04. The lowest BCUT2D eigenvalue weighted by atomic mass is 10.1. The van der Waals surface area contributed by atoms with Crippen molar-refractivity contribution >= 4 is 17.7 Å². The maximum Gasteiger partial charge on any atom is 0.251 e. The van der Waals surface area contributed by atoms with Crippen LogP contribution in [0.15, 0.2) is 53.7 Å². The minimum absolute atomic E-state index is 0.0567. The molecule has 0 saturated heterocycles. The van der Waals surface area contributed by atoms with Crippen LogP contribution in [0, 0.1) is 12.1 Å². The summed E-state index contributed by atoms with van der Waals surface area (Å²) in [7, 11) is 0. The molecule has 1 aromatic heterocycles. The normalized spacial score (nSPS) is 10.5. The summed E-state index contributed by atoms with van der Waals surface area (Å²) in [5, 5.41) is 12.2. The fourth-order valence-electron chi connectivity index (χ4n) is 2.23. The molecule has 0 saturated carbocycles. The Balaban J connectivity index is 1.97. The molecule has 0 aliphatic carbocycles. The second kappa shape index (κ2) is 8.58. The molecule has 0 aliphatic heterocycles. The number of benzene rings is 1. The lowest BCUT2D eigenvalue weighted by molar-refractivity contribution is -0.645. The number of pyridine rings is 1. The Labute approximate surface area is 141 Å². The molecule has 5 heteroatoms. The SMILES string of the molecule is CCCN(Cc1ccc(C)cc1)C(=O)CSc1cccc[n+]1[O-]. The highest BCUT2D eigenvalue weighted by atomic mass is 32.2. The summed E-state index contributed by atoms with van der Waals surface area (Å²) in [5.74, 6) is 0.333. The van der Waals surface area contributed by atoms with Gasteiger partial charge in [-0.05, 0) is 36.7 Å². The van der Waals surface area contributed by atoms with Gasteiger partial charge in [0, 0.05) is 25.2 Å². The molecule has 0 aliphatic rings. The van der Waals surface area contributed by atoms with Crippen LogP contribution < -0.4 is 4.73 Å². The molecule has 1 heterocycles. The minimum atomic E-state index is 0.0567. The molecule has 0 spiro atoms. The van der Waals surface area contributed by atoms with Gasteiger partial charge in [0.1, 0.15) is 0 Å². The van der Waals surface area contributed by atoms with Crippen molar-refractivity contribution in [1.82, 2.24) is 4.90 Å². The number of amides is 1. The number of carbonyl (C=O) groups excluding carboxylic acids is 1. The van der Waals surface area contributed by atoms with Crippen LogP contribution in [0.1, 0.15) is 24.5 Å². The van der Waals surface area contributed by atoms with Gasteiger partial charge < -0.3 is 10.1 Å². The number of aromatic nitrogens is 1. The van der Waals surface area contributed by atoms with Crippen LogP contribution in [-0.2, 0) is 11.3 Å². The number of nitrogens with zero attached hydrogens (tertiary/aromatic N) is 2. The van der Waals surface area contributed by atoms with Crippen molar-refractivity contribution in [3.05, 3.63) is 65.0 Å². The van der Waals surface area contributed by atoms with Crippen LogP contribution in [0.4, 0.5) is 0 Å². The third-order valence-corrected chi connectivity index (χ3v) is 4.48. The zero-order valence-corrected chi connectivity index (χ0v) is 14.4. The molecule has 0 N–H and O–H groups in total. The van der Waals surface area contributed by atoms with Gasteiger partial charge in [-0.15, -0.1) is 0 Å². The molecule has 0 atom stereocenters. The lowest BCUT2D eigenvalue weighted by Crippen LogP contribution is -2.34. The van der Waals surface area contributed by atoms with Gasteiger partial charge in [0.15, 0.2) is 6.20 Å². The molecular weight excluding hydrogens is 308 g/mol. The smallest absolute Gasteiger partial charge is 0.251 e. The van der Waals surface area contributed by atoms with Crippen LogP contribution in [0.3, 0.4) is 0 Å². The Morgan fingerprint density at radius 3 is 2.61 bits per heavy atom. The molecular formula is C18H22N2O2S. The third-order valence-electron chi connectivity index (χ3n) is 3.47. The highest BCUT2D eigenvalue weighted by Crippen LogP contribution is 2.15. The van der Waals surface area contributed by atoms with E-state index in [1.54, 1.807) is 18.2 Å². The average Bonchev–Trinajstić information content (AvgIpc) is 2.55. The number of thioether (sulfide) groups is 1. The van der Waals surface area contributed by atoms with Crippen molar-refractivity contribution in [3.63, 3.8) is 0 Å². The van der Waals surface area contributed by atoms with Gasteiger partial charge in [0.25, 0.3) is 5.03 Å². The predicted molar refractivity (Wildman–Crippen MR) is 93.0 cm³/mol. The second-order valence-corrected chi connectivity index (χ2v) is 6.45. The van der Waals surface area contributed by atoms with Gasteiger partial charge in [0.2, 0.25) is 5.91 Å². The Kier molecular flexibility index (Phi) is 6.47. The van der Waals surface area contributed by atoms with E-state index in [2.05, 4.69) is 31.2 Å². The molecule has 0 bridgehead atoms. The summed E-state index contributed by atoms with van der Waals surface area (Å²) < 4.78 is 0.794. The molecule has 1 amide bonds. The largest absolute Gasteiger partial charge is 0.618 e. The van der Waals surface area contributed by atoms with E-state index in [-0.39, 0.29) is 11.7 Å². The lowest BCUT2D eigenvalue weighted by Gasteiger charge is -2.22. The van der Waals surface area contributed by atoms with Crippen molar-refractivity contribution < 1.29 is 9.52 Å². The van der Waals surface area contributed by atoms with Crippen LogP contribution in [0.5, 0.6) is 0 Å². The average molecular weight is 330 g/mol. The zero-order chi connectivity index (χ0) is 16.7. The summed E-state index contributed by atoms with van der Waals surface area (Å²) in [4.78, 5) is 14.3. The summed E-state index contributed by atoms with van der Waals surface area (Å²) >= 11 is 1.28. The zero-order valence-electron chi connectivity index (χ0n) is 13.6. The standard InChI is InChI=1S/C18H22N2O2S/c1-3-11-19(13-16-9-7-15(2)8-10-16)17(21)14-23-18-6-4-5-12-20(18)22/h4-10,12H,3,11,13-14H2,1-2H3. The third kappa shape index (κ3) is 5.28. The molecule has 4 nitrogen and oxygen atoms in total. The van der Waals surface area contributed by atoms with Gasteiger partial charge in [0.05, 0.1) is 5.75 Å². The molecule has 2 aromatic rings. The Hall–Kier alpha value is -2.01. The van der Waals surface area contributed by atoms with E-state index < -0.39 is 0 Å². The van der Waals surface area contributed by atoms with Gasteiger partial charge in [-0.3, -0.25) is 4.79 Å². The number of hydrogen-bond donors (Lipinski definition) is 0. The quantitative estimate of drug-likeness (QED) is 0.445. The van der Waals surface area contributed by atoms with Gasteiger partial charge in [-0.1, -0.05) is 36.8 Å². The second-order valence-electron chi connectivity index (χ2n) is 5.45. The molecule has 122 valence electrons. The van der Waals surface area contributed by atoms with Gasteiger partial charge >= 0.3 is 0 Å². The van der Waals surface area contributed by atoms with Crippen molar-refractivity contribution in [2.24, 2.45) is 0 Å². The van der Waals surface area contributed by atoms with Crippen molar-refractivity contribution in [2.75, 3.05) is 12.3 Å². The predicted octanol–water partition coefficient (Wildman–Crippen LogP) is 3.16. The summed E-state index contributed by atoms with van der Waals surface area (Å²) in [6.45, 7) is 5.44. The molecule has 2 rings (SSSR count). The first-order valence-corrected chi connectivity index (χ1v) is 8.73. The van der Waals surface area contributed by atoms with Crippen molar-refractivity contribution in [1.29, 1.82) is 0 Å². The van der Waals surface area contributed by atoms with Gasteiger partial charge in [-0.2, -0.15) is 4.73 Å². The van der Waals surface area contributed by atoms with Crippen molar-refractivity contribution in [2.45, 2.75) is 31.8 Å². The van der Waals surface area contributed by atoms with E-state index in [1.807, 2.05) is 11.8 Å². The van der Waals surface area contributed by atoms with E-state index in [9.17, 15) is 10.0 Å². The number of rotatable bonds is 7. The summed E-state index contributed by atoms with van der Waals surface area (Å²) in [6, 6.07) is 13.4. The van der Waals surface area contributed by atoms with E-state index >= 15 is 0 Å². The minimum Gasteiger partial charge on any atom is -0.618 e. The maximum atomic E-state index is 12.5. The van der Waals surface area contributed by atoms with Gasteiger partial charge in [-0.25, -0.2) is 0 Å². The Morgan fingerprint density at radius 1 is 1.22 bits per heavy atom. The molecule has 23 heavy (non-hydrogen) atoms. The monoisotopic (exact) mass is 330 g/mol. The summed E-state index contributed by atoms with van der Waals surface area (Å²) in [5.41, 5.74) is 2.34. The van der Waals surface area contributed by atoms with E-state index in [0.717, 1.165) is 23.3 Å². The van der Waals surface area contributed by atoms with Crippen LogP contribution in [0.2, 0.25) is 0 Å². The fraction of sp³-hybridized carbons (Fsp3) is 0.333. The first-order valence-electron chi connectivity index (χ1n) is 7.74. The number of hydrogen-bond acceptors (Lipinski definition) is 3. The van der Waals surface area contributed by atoms with Crippen LogP contribution >= 0.6 is 11.8 Å². The topological polar surface area (TPSA) is 47.2 Å². The first-order chi connectivity index (χ1) is 11.1. The Bertz CT molecular complexity index is 644. The number of aryl methyl sites for hydroxylation is 1. The molecule has 0 radical (unpaired) electrons. The van der Waals surface area contributed by atoms with E-state index in [4.69, 9.17) is 0 Å². The molecule has 0 unspecified atom stereocenters. The highest BCUT2D eigenvalue weighted by Gasteiger charge is 2.15. The van der Waals surface area contributed by atoms with Crippen LogP contribution in [-0.4, -0.2) is 23.1 Å². The van der Waals surface area contributed by atoms with Crippen molar-refractivity contribution in [3.8, 4) is 0 Å². The van der Waals surface area contributed by atoms with Crippen LogP contribution in [0.25, 0.3) is 0 Å². The Morgan fingerprint density at radius 2 is 1.96 bits per heavy atom. The summed E-state index contributed by atoms with van der Waals surface area (Å²) in [6.07, 6.45) is 2.36. The molecule has 1 aromatic carbocycles. The highest BCUT2D eigenvalue weighted by molar-refractivity contribution is 7.99. The first kappa shape index (κ1) is 17.3. The number of carbonyl (C=O) groups is 1. The van der Waals surface area contributed by atoms with E-state index in [1.165, 1.54) is 23.5 Å². The maximum absolute atomic E-state index is 12.5.